The van der Waals surface area contributed by atoms with E-state index in [-0.39, 0.29) is 5.91 Å². The molecule has 5 nitrogen and oxygen atoms in total. The lowest BCUT2D eigenvalue weighted by molar-refractivity contribution is 0.0629. The second-order valence-electron chi connectivity index (χ2n) is 5.52. The maximum atomic E-state index is 12.8. The fourth-order valence-corrected chi connectivity index (χ4v) is 2.78. The summed E-state index contributed by atoms with van der Waals surface area (Å²) in [5.74, 6) is 1.12. The van der Waals surface area contributed by atoms with Crippen LogP contribution >= 0.6 is 0 Å². The van der Waals surface area contributed by atoms with Gasteiger partial charge in [-0.2, -0.15) is 0 Å². The lowest BCUT2D eigenvalue weighted by Crippen LogP contribution is -2.48. The molecule has 1 saturated heterocycles. The first kappa shape index (κ1) is 16.6. The smallest absolute Gasteiger partial charge is 0.261 e. The highest BCUT2D eigenvalue weighted by Gasteiger charge is 2.26. The van der Waals surface area contributed by atoms with Crippen LogP contribution in [0.15, 0.2) is 18.2 Å². The summed E-state index contributed by atoms with van der Waals surface area (Å²) < 4.78 is 10.7. The molecule has 1 aromatic rings. The van der Waals surface area contributed by atoms with Crippen molar-refractivity contribution in [3.8, 4) is 11.5 Å². The SMILES string of the molecule is CCCCN1CCN(C(=O)c2c(OC)cccc2OC)CC1. The molecule has 0 atom stereocenters. The standard InChI is InChI=1S/C17H26N2O3/c1-4-5-9-18-10-12-19(13-11-18)17(20)16-14(21-2)7-6-8-15(16)22-3/h6-8H,4-5,9-13H2,1-3H3. The number of hydrogen-bond acceptors (Lipinski definition) is 4. The molecular weight excluding hydrogens is 280 g/mol. The van der Waals surface area contributed by atoms with Crippen LogP contribution in [0, 0.1) is 0 Å². The van der Waals surface area contributed by atoms with Gasteiger partial charge in [0.2, 0.25) is 0 Å². The van der Waals surface area contributed by atoms with Crippen molar-refractivity contribution in [3.05, 3.63) is 23.8 Å². The average molecular weight is 306 g/mol. The molecule has 0 N–H and O–H groups in total. The number of hydrogen-bond donors (Lipinski definition) is 0. The Morgan fingerprint density at radius 2 is 1.68 bits per heavy atom. The van der Waals surface area contributed by atoms with Crippen molar-refractivity contribution >= 4 is 5.91 Å². The predicted molar refractivity (Wildman–Crippen MR) is 86.8 cm³/mol. The lowest BCUT2D eigenvalue weighted by Gasteiger charge is -2.35. The van der Waals surface area contributed by atoms with Gasteiger partial charge in [-0.1, -0.05) is 19.4 Å². The minimum absolute atomic E-state index is 0.00978. The van der Waals surface area contributed by atoms with Crippen LogP contribution in [0.5, 0.6) is 11.5 Å². The topological polar surface area (TPSA) is 42.0 Å². The number of unbranched alkanes of at least 4 members (excludes halogenated alkanes) is 1. The molecule has 1 amide bonds. The Hall–Kier alpha value is -1.75. The molecule has 0 spiro atoms. The zero-order valence-corrected chi connectivity index (χ0v) is 13.8. The molecule has 22 heavy (non-hydrogen) atoms. The maximum absolute atomic E-state index is 12.8. The van der Waals surface area contributed by atoms with E-state index >= 15 is 0 Å². The van der Waals surface area contributed by atoms with E-state index in [4.69, 9.17) is 9.47 Å². The van der Waals surface area contributed by atoms with Crippen molar-refractivity contribution in [2.24, 2.45) is 0 Å². The summed E-state index contributed by atoms with van der Waals surface area (Å²) in [5.41, 5.74) is 0.523. The van der Waals surface area contributed by atoms with Gasteiger partial charge < -0.3 is 14.4 Å². The largest absolute Gasteiger partial charge is 0.496 e. The highest BCUT2D eigenvalue weighted by molar-refractivity contribution is 5.99. The molecule has 1 fully saturated rings. The Morgan fingerprint density at radius 3 is 2.18 bits per heavy atom. The summed E-state index contributed by atoms with van der Waals surface area (Å²) in [6.45, 7) is 6.70. The first-order valence-electron chi connectivity index (χ1n) is 7.93. The Balaban J connectivity index is 2.07. The van der Waals surface area contributed by atoms with Crippen LogP contribution in [-0.2, 0) is 0 Å². The van der Waals surface area contributed by atoms with Gasteiger partial charge in [0.15, 0.2) is 0 Å². The van der Waals surface area contributed by atoms with E-state index in [9.17, 15) is 4.79 Å². The normalized spacial score (nSPS) is 15.7. The second-order valence-corrected chi connectivity index (χ2v) is 5.52. The van der Waals surface area contributed by atoms with Crippen molar-refractivity contribution in [3.63, 3.8) is 0 Å². The Bertz CT molecular complexity index is 474. The quantitative estimate of drug-likeness (QED) is 0.808. The van der Waals surface area contributed by atoms with Crippen molar-refractivity contribution in [2.75, 3.05) is 46.9 Å². The van der Waals surface area contributed by atoms with Crippen molar-refractivity contribution in [2.45, 2.75) is 19.8 Å². The van der Waals surface area contributed by atoms with E-state index in [1.54, 1.807) is 26.4 Å². The average Bonchev–Trinajstić information content (AvgIpc) is 2.58. The summed E-state index contributed by atoms with van der Waals surface area (Å²) in [6.07, 6.45) is 2.42. The molecule has 1 aromatic carbocycles. The fraction of sp³-hybridized carbons (Fsp3) is 0.588. The van der Waals surface area contributed by atoms with Crippen LogP contribution in [0.4, 0.5) is 0 Å². The molecule has 0 aromatic heterocycles. The minimum atomic E-state index is -0.00978. The minimum Gasteiger partial charge on any atom is -0.496 e. The molecule has 0 bridgehead atoms. The number of benzene rings is 1. The van der Waals surface area contributed by atoms with Crippen LogP contribution in [0.3, 0.4) is 0 Å². The van der Waals surface area contributed by atoms with E-state index in [0.717, 1.165) is 32.7 Å². The zero-order valence-electron chi connectivity index (χ0n) is 13.8. The molecule has 1 aliphatic heterocycles. The molecule has 1 aliphatic rings. The van der Waals surface area contributed by atoms with Crippen LogP contribution in [0.25, 0.3) is 0 Å². The molecular formula is C17H26N2O3. The first-order chi connectivity index (χ1) is 10.7. The van der Waals surface area contributed by atoms with Crippen LogP contribution in [-0.4, -0.2) is 62.7 Å². The number of piperazine rings is 1. The molecule has 1 heterocycles. The van der Waals surface area contributed by atoms with Gasteiger partial charge in [0.25, 0.3) is 5.91 Å². The van der Waals surface area contributed by atoms with Gasteiger partial charge in [0.05, 0.1) is 14.2 Å². The maximum Gasteiger partial charge on any atom is 0.261 e. The number of amides is 1. The monoisotopic (exact) mass is 306 g/mol. The molecule has 0 unspecified atom stereocenters. The van der Waals surface area contributed by atoms with Gasteiger partial charge in [0, 0.05) is 26.2 Å². The van der Waals surface area contributed by atoms with E-state index < -0.39 is 0 Å². The summed E-state index contributed by atoms with van der Waals surface area (Å²) in [4.78, 5) is 17.1. The van der Waals surface area contributed by atoms with Crippen LogP contribution in [0.2, 0.25) is 0 Å². The van der Waals surface area contributed by atoms with Gasteiger partial charge in [-0.05, 0) is 25.1 Å². The zero-order chi connectivity index (χ0) is 15.9. The number of nitrogens with zero attached hydrogens (tertiary/aromatic N) is 2. The first-order valence-corrected chi connectivity index (χ1v) is 7.93. The highest BCUT2D eigenvalue weighted by Crippen LogP contribution is 2.29. The third kappa shape index (κ3) is 3.71. The third-order valence-corrected chi connectivity index (χ3v) is 4.13. The number of methoxy groups -OCH3 is 2. The van der Waals surface area contributed by atoms with E-state index in [1.807, 2.05) is 11.0 Å². The number of carbonyl (C=O) groups is 1. The van der Waals surface area contributed by atoms with Gasteiger partial charge in [0.1, 0.15) is 17.1 Å². The Labute approximate surface area is 132 Å². The Kier molecular flexibility index (Phi) is 6.07. The molecule has 0 radical (unpaired) electrons. The lowest BCUT2D eigenvalue weighted by atomic mass is 10.1. The summed E-state index contributed by atoms with van der Waals surface area (Å²) in [6, 6.07) is 5.43. The van der Waals surface area contributed by atoms with Gasteiger partial charge in [-0.3, -0.25) is 9.69 Å². The number of ether oxygens (including phenoxy) is 2. The number of carbonyl (C=O) groups excluding carboxylic acids is 1. The highest BCUT2D eigenvalue weighted by atomic mass is 16.5. The molecule has 0 saturated carbocycles. The van der Waals surface area contributed by atoms with Crippen molar-refractivity contribution in [1.29, 1.82) is 0 Å². The molecule has 122 valence electrons. The predicted octanol–water partition coefficient (Wildman–Crippen LogP) is 2.26. The van der Waals surface area contributed by atoms with Crippen molar-refractivity contribution in [1.82, 2.24) is 9.80 Å². The molecule has 5 heteroatoms. The summed E-state index contributed by atoms with van der Waals surface area (Å²) >= 11 is 0. The summed E-state index contributed by atoms with van der Waals surface area (Å²) in [7, 11) is 3.16. The number of rotatable bonds is 6. The molecule has 0 aliphatic carbocycles. The molecule has 2 rings (SSSR count). The van der Waals surface area contributed by atoms with Gasteiger partial charge in [-0.15, -0.1) is 0 Å². The summed E-state index contributed by atoms with van der Waals surface area (Å²) in [5, 5.41) is 0. The van der Waals surface area contributed by atoms with E-state index in [0.29, 0.717) is 17.1 Å². The third-order valence-electron chi connectivity index (χ3n) is 4.13. The van der Waals surface area contributed by atoms with E-state index in [1.165, 1.54) is 12.8 Å². The van der Waals surface area contributed by atoms with Crippen LogP contribution < -0.4 is 9.47 Å². The van der Waals surface area contributed by atoms with Crippen molar-refractivity contribution < 1.29 is 14.3 Å². The second kappa shape index (κ2) is 8.03. The Morgan fingerprint density at radius 1 is 1.09 bits per heavy atom. The van der Waals surface area contributed by atoms with Gasteiger partial charge in [-0.25, -0.2) is 0 Å². The van der Waals surface area contributed by atoms with E-state index in [2.05, 4.69) is 11.8 Å². The van der Waals surface area contributed by atoms with Crippen LogP contribution in [0.1, 0.15) is 30.1 Å². The fourth-order valence-electron chi connectivity index (χ4n) is 2.78. The van der Waals surface area contributed by atoms with Gasteiger partial charge >= 0.3 is 0 Å².